The van der Waals surface area contributed by atoms with Crippen molar-refractivity contribution in [2.75, 3.05) is 19.6 Å². The summed E-state index contributed by atoms with van der Waals surface area (Å²) in [5.41, 5.74) is 0. The third kappa shape index (κ3) is 2.95. The zero-order valence-electron chi connectivity index (χ0n) is 7.56. The second kappa shape index (κ2) is 4.41. The smallest absolute Gasteiger partial charge is 0.0601 e. The molecule has 1 atom stereocenters. The Morgan fingerprint density at radius 1 is 1.55 bits per heavy atom. The first kappa shape index (κ1) is 8.62. The molecule has 62 valence electrons. The Hall–Kier alpha value is -0.480. The highest BCUT2D eigenvalue weighted by Crippen LogP contribution is 2.14. The van der Waals surface area contributed by atoms with Gasteiger partial charge < -0.3 is 0 Å². The fourth-order valence-electron chi connectivity index (χ4n) is 1.62. The number of piperidine rings is 1. The molecular formula is C10H17N. The van der Waals surface area contributed by atoms with Gasteiger partial charge in [0.1, 0.15) is 0 Å². The summed E-state index contributed by atoms with van der Waals surface area (Å²) in [4.78, 5) is 2.45. The minimum absolute atomic E-state index is 0.877. The van der Waals surface area contributed by atoms with Crippen molar-refractivity contribution in [3.05, 3.63) is 0 Å². The van der Waals surface area contributed by atoms with E-state index in [-0.39, 0.29) is 0 Å². The van der Waals surface area contributed by atoms with Gasteiger partial charge in [0.25, 0.3) is 0 Å². The molecule has 1 heteroatoms. The van der Waals surface area contributed by atoms with Gasteiger partial charge in [0.2, 0.25) is 0 Å². The van der Waals surface area contributed by atoms with E-state index in [4.69, 9.17) is 0 Å². The first-order chi connectivity index (χ1) is 5.33. The van der Waals surface area contributed by atoms with Crippen LogP contribution < -0.4 is 0 Å². The molecule has 1 aliphatic rings. The predicted molar refractivity (Wildman–Crippen MR) is 48.3 cm³/mol. The Bertz CT molecular complexity index is 163. The third-order valence-corrected chi connectivity index (χ3v) is 2.22. The van der Waals surface area contributed by atoms with Gasteiger partial charge in [0.05, 0.1) is 6.54 Å². The van der Waals surface area contributed by atoms with Gasteiger partial charge in [0.15, 0.2) is 0 Å². The molecule has 1 heterocycles. The van der Waals surface area contributed by atoms with Gasteiger partial charge in [0, 0.05) is 6.54 Å². The van der Waals surface area contributed by atoms with Crippen molar-refractivity contribution in [3.63, 3.8) is 0 Å². The lowest BCUT2D eigenvalue weighted by Gasteiger charge is -2.28. The molecule has 1 rings (SSSR count). The Morgan fingerprint density at radius 2 is 2.36 bits per heavy atom. The van der Waals surface area contributed by atoms with Crippen LogP contribution in [0.4, 0.5) is 0 Å². The van der Waals surface area contributed by atoms with Gasteiger partial charge in [-0.25, -0.2) is 0 Å². The molecule has 0 amide bonds. The van der Waals surface area contributed by atoms with Crippen LogP contribution in [0.3, 0.4) is 0 Å². The Kier molecular flexibility index (Phi) is 3.45. The second-order valence-electron chi connectivity index (χ2n) is 3.41. The lowest BCUT2D eigenvalue weighted by molar-refractivity contribution is 0.204. The van der Waals surface area contributed by atoms with Crippen LogP contribution in [0.5, 0.6) is 0 Å². The summed E-state index contributed by atoms with van der Waals surface area (Å²) in [6.45, 7) is 7.70. The second-order valence-corrected chi connectivity index (χ2v) is 3.41. The fourth-order valence-corrected chi connectivity index (χ4v) is 1.62. The van der Waals surface area contributed by atoms with Gasteiger partial charge in [-0.05, 0) is 32.2 Å². The van der Waals surface area contributed by atoms with Crippen LogP contribution in [-0.4, -0.2) is 24.5 Å². The van der Waals surface area contributed by atoms with Gasteiger partial charge in [-0.1, -0.05) is 12.8 Å². The van der Waals surface area contributed by atoms with Gasteiger partial charge in [-0.2, -0.15) is 0 Å². The van der Waals surface area contributed by atoms with E-state index in [0.717, 1.165) is 12.5 Å². The number of likely N-dealkylation sites (tertiary alicyclic amines) is 1. The highest BCUT2D eigenvalue weighted by molar-refractivity contribution is 4.98. The van der Waals surface area contributed by atoms with E-state index >= 15 is 0 Å². The SMILES string of the molecule is CC#CCN1CCC[C@H](C)C1. The highest BCUT2D eigenvalue weighted by Gasteiger charge is 2.14. The van der Waals surface area contributed by atoms with Crippen molar-refractivity contribution >= 4 is 0 Å². The summed E-state index contributed by atoms with van der Waals surface area (Å²) in [6, 6.07) is 0. The van der Waals surface area contributed by atoms with E-state index < -0.39 is 0 Å². The molecule has 0 spiro atoms. The molecule has 1 saturated heterocycles. The molecule has 0 radical (unpaired) electrons. The van der Waals surface area contributed by atoms with E-state index in [2.05, 4.69) is 23.7 Å². The van der Waals surface area contributed by atoms with Crippen LogP contribution in [0.15, 0.2) is 0 Å². The van der Waals surface area contributed by atoms with Crippen molar-refractivity contribution in [2.45, 2.75) is 26.7 Å². The lowest BCUT2D eigenvalue weighted by atomic mass is 10.0. The normalized spacial score (nSPS) is 25.8. The van der Waals surface area contributed by atoms with Crippen LogP contribution in [-0.2, 0) is 0 Å². The highest BCUT2D eigenvalue weighted by atomic mass is 15.1. The van der Waals surface area contributed by atoms with E-state index in [1.807, 2.05) is 6.92 Å². The predicted octanol–water partition coefficient (Wildman–Crippen LogP) is 1.74. The average molecular weight is 151 g/mol. The topological polar surface area (TPSA) is 3.24 Å². The molecule has 1 aliphatic heterocycles. The first-order valence-corrected chi connectivity index (χ1v) is 4.45. The molecule has 0 aliphatic carbocycles. The Balaban J connectivity index is 2.26. The Labute approximate surface area is 69.8 Å². The summed E-state index contributed by atoms with van der Waals surface area (Å²) in [7, 11) is 0. The molecule has 0 N–H and O–H groups in total. The van der Waals surface area contributed by atoms with Gasteiger partial charge in [-0.15, -0.1) is 5.92 Å². The molecule has 0 aromatic heterocycles. The minimum atomic E-state index is 0.877. The standard InChI is InChI=1S/C10H17N/c1-3-4-7-11-8-5-6-10(2)9-11/h10H,5-9H2,1-2H3/t10-/m0/s1. The van der Waals surface area contributed by atoms with E-state index in [1.54, 1.807) is 0 Å². The number of hydrogen-bond donors (Lipinski definition) is 0. The van der Waals surface area contributed by atoms with Crippen molar-refractivity contribution in [3.8, 4) is 11.8 Å². The van der Waals surface area contributed by atoms with Crippen LogP contribution in [0.1, 0.15) is 26.7 Å². The van der Waals surface area contributed by atoms with Crippen molar-refractivity contribution < 1.29 is 0 Å². The monoisotopic (exact) mass is 151 g/mol. The Morgan fingerprint density at radius 3 is 3.00 bits per heavy atom. The van der Waals surface area contributed by atoms with Gasteiger partial charge in [-0.3, -0.25) is 4.90 Å². The average Bonchev–Trinajstić information content (AvgIpc) is 2.01. The molecule has 0 bridgehead atoms. The molecular weight excluding hydrogens is 134 g/mol. The molecule has 0 unspecified atom stereocenters. The van der Waals surface area contributed by atoms with Crippen LogP contribution in [0, 0.1) is 17.8 Å². The van der Waals surface area contributed by atoms with Gasteiger partial charge >= 0.3 is 0 Å². The molecule has 1 fully saturated rings. The maximum atomic E-state index is 3.11. The van der Waals surface area contributed by atoms with Crippen molar-refractivity contribution in [2.24, 2.45) is 5.92 Å². The first-order valence-electron chi connectivity index (χ1n) is 4.45. The zero-order chi connectivity index (χ0) is 8.10. The number of rotatable bonds is 1. The fraction of sp³-hybridized carbons (Fsp3) is 0.800. The molecule has 11 heavy (non-hydrogen) atoms. The largest absolute Gasteiger partial charge is 0.292 e. The summed E-state index contributed by atoms with van der Waals surface area (Å²) >= 11 is 0. The zero-order valence-corrected chi connectivity index (χ0v) is 7.56. The molecule has 1 nitrogen and oxygen atoms in total. The summed E-state index contributed by atoms with van der Waals surface area (Å²) < 4.78 is 0. The summed E-state index contributed by atoms with van der Waals surface area (Å²) in [6.07, 6.45) is 2.75. The van der Waals surface area contributed by atoms with Crippen molar-refractivity contribution in [1.29, 1.82) is 0 Å². The number of hydrogen-bond acceptors (Lipinski definition) is 1. The van der Waals surface area contributed by atoms with Crippen LogP contribution >= 0.6 is 0 Å². The van der Waals surface area contributed by atoms with E-state index in [0.29, 0.717) is 0 Å². The quantitative estimate of drug-likeness (QED) is 0.516. The number of nitrogens with zero attached hydrogens (tertiary/aromatic N) is 1. The van der Waals surface area contributed by atoms with Crippen molar-refractivity contribution in [1.82, 2.24) is 4.90 Å². The van der Waals surface area contributed by atoms with E-state index in [1.165, 1.54) is 25.9 Å². The molecule has 0 aromatic carbocycles. The van der Waals surface area contributed by atoms with Crippen LogP contribution in [0.2, 0.25) is 0 Å². The third-order valence-electron chi connectivity index (χ3n) is 2.22. The molecule has 0 saturated carbocycles. The lowest BCUT2D eigenvalue weighted by Crippen LogP contribution is -2.34. The minimum Gasteiger partial charge on any atom is -0.292 e. The summed E-state index contributed by atoms with van der Waals surface area (Å²) in [5.74, 6) is 6.93. The summed E-state index contributed by atoms with van der Waals surface area (Å²) in [5, 5.41) is 0. The maximum Gasteiger partial charge on any atom is 0.0601 e. The van der Waals surface area contributed by atoms with E-state index in [9.17, 15) is 0 Å². The molecule has 0 aromatic rings. The van der Waals surface area contributed by atoms with Crippen LogP contribution in [0.25, 0.3) is 0 Å². The maximum absolute atomic E-state index is 3.11.